The van der Waals surface area contributed by atoms with Crippen LogP contribution in [-0.4, -0.2) is 59.6 Å². The van der Waals surface area contributed by atoms with Crippen molar-refractivity contribution < 1.29 is 19.0 Å². The van der Waals surface area contributed by atoms with Gasteiger partial charge in [-0.25, -0.2) is 9.78 Å². The van der Waals surface area contributed by atoms with Crippen molar-refractivity contribution in [1.29, 1.82) is 0 Å². The fraction of sp³-hybridized carbons (Fsp3) is 0.417. The van der Waals surface area contributed by atoms with Gasteiger partial charge in [0.1, 0.15) is 12.7 Å². The average molecular weight is 421 g/mol. The number of aromatic nitrogens is 2. The van der Waals surface area contributed by atoms with Crippen molar-refractivity contribution in [3.63, 3.8) is 0 Å². The van der Waals surface area contributed by atoms with Crippen molar-refractivity contribution in [3.05, 3.63) is 59.9 Å². The molecule has 0 saturated carbocycles. The van der Waals surface area contributed by atoms with Gasteiger partial charge in [-0.2, -0.15) is 0 Å². The quantitative estimate of drug-likeness (QED) is 0.590. The van der Waals surface area contributed by atoms with E-state index in [9.17, 15) is 4.79 Å². The molecule has 31 heavy (non-hydrogen) atoms. The Morgan fingerprint density at radius 3 is 2.81 bits per heavy atom. The second-order valence-corrected chi connectivity index (χ2v) is 8.22. The van der Waals surface area contributed by atoms with Gasteiger partial charge in [0.05, 0.1) is 13.2 Å². The second kappa shape index (κ2) is 8.23. The van der Waals surface area contributed by atoms with Crippen molar-refractivity contribution in [2.75, 3.05) is 26.9 Å². The Morgan fingerprint density at radius 2 is 2.00 bits per heavy atom. The van der Waals surface area contributed by atoms with Crippen LogP contribution in [0.25, 0.3) is 10.9 Å². The zero-order chi connectivity index (χ0) is 21.4. The van der Waals surface area contributed by atoms with Crippen molar-refractivity contribution in [3.8, 4) is 5.88 Å². The summed E-state index contributed by atoms with van der Waals surface area (Å²) < 4.78 is 19.2. The van der Waals surface area contributed by atoms with Crippen LogP contribution in [0.3, 0.4) is 0 Å². The largest absolute Gasteiger partial charge is 0.472 e. The number of carbonyl (C=O) groups is 1. The molecule has 3 aromatic rings. The van der Waals surface area contributed by atoms with E-state index in [-0.39, 0.29) is 30.8 Å². The lowest BCUT2D eigenvalue weighted by Gasteiger charge is -2.46. The lowest BCUT2D eigenvalue weighted by molar-refractivity contribution is 0.00677. The van der Waals surface area contributed by atoms with Gasteiger partial charge in [0, 0.05) is 55.0 Å². The Kier molecular flexibility index (Phi) is 5.28. The van der Waals surface area contributed by atoms with Gasteiger partial charge in [-0.1, -0.05) is 24.3 Å². The Hall–Kier alpha value is -3.06. The number of nitrogens with zero attached hydrogens (tertiary/aromatic N) is 3. The molecule has 0 spiro atoms. The molecule has 1 amide bonds. The first-order valence-electron chi connectivity index (χ1n) is 10.7. The summed E-state index contributed by atoms with van der Waals surface area (Å²) in [6, 6.07) is 14.2. The number of methoxy groups -OCH3 is 1. The lowest BCUT2D eigenvalue weighted by Crippen LogP contribution is -2.56. The molecular formula is C24H27N3O4. The number of amides is 1. The molecule has 3 heterocycles. The molecule has 0 radical (unpaired) electrons. The molecule has 2 bridgehead atoms. The standard InChI is InChI=1S/C24H27N3O4/c1-26-20-8-4-3-7-17(20)18-13-16-14-19(23(18)26)21(31-22-9-5-6-10-25-22)15-27(16)24(28)30-12-11-29-2/h3-10,16,19,21H,11-15H2,1-2H3/t16-,19+,21-/m0/s1. The molecule has 1 aromatic carbocycles. The third-order valence-corrected chi connectivity index (χ3v) is 6.50. The first-order valence-corrected chi connectivity index (χ1v) is 10.7. The van der Waals surface area contributed by atoms with Gasteiger partial charge in [0.2, 0.25) is 5.88 Å². The van der Waals surface area contributed by atoms with Crippen LogP contribution in [0.1, 0.15) is 23.6 Å². The fourth-order valence-corrected chi connectivity index (χ4v) is 5.15. The molecule has 1 saturated heterocycles. The van der Waals surface area contributed by atoms with E-state index in [2.05, 4.69) is 40.9 Å². The molecule has 1 aliphatic heterocycles. The zero-order valence-electron chi connectivity index (χ0n) is 17.9. The molecule has 7 nitrogen and oxygen atoms in total. The Labute approximate surface area is 181 Å². The molecular weight excluding hydrogens is 394 g/mol. The lowest BCUT2D eigenvalue weighted by atomic mass is 9.76. The topological polar surface area (TPSA) is 65.8 Å². The number of rotatable bonds is 5. The summed E-state index contributed by atoms with van der Waals surface area (Å²) in [4.78, 5) is 19.1. The number of piperidine rings is 1. The summed E-state index contributed by atoms with van der Waals surface area (Å²) in [6.45, 7) is 1.10. The number of hydrogen-bond acceptors (Lipinski definition) is 5. The van der Waals surface area contributed by atoms with Gasteiger partial charge in [-0.3, -0.25) is 0 Å². The molecule has 162 valence electrons. The van der Waals surface area contributed by atoms with E-state index < -0.39 is 0 Å². The first kappa shape index (κ1) is 19.9. The second-order valence-electron chi connectivity index (χ2n) is 8.22. The SMILES string of the molecule is COCCOC(=O)N1C[C@H](Oc2ccccn2)[C@H]2C[C@@H]1Cc1c2n(C)c2ccccc12. The molecule has 7 heteroatoms. The van der Waals surface area contributed by atoms with E-state index in [0.29, 0.717) is 19.0 Å². The number of ether oxygens (including phenoxy) is 3. The zero-order valence-corrected chi connectivity index (χ0v) is 17.9. The predicted octanol–water partition coefficient (Wildman–Crippen LogP) is 3.52. The molecule has 1 fully saturated rings. The van der Waals surface area contributed by atoms with Crippen LogP contribution >= 0.6 is 0 Å². The number of hydrogen-bond donors (Lipinski definition) is 0. The van der Waals surface area contributed by atoms with E-state index in [4.69, 9.17) is 14.2 Å². The average Bonchev–Trinajstić information content (AvgIpc) is 3.08. The third kappa shape index (κ3) is 3.53. The number of fused-ring (bicyclic) bond motifs is 6. The molecule has 2 aliphatic rings. The summed E-state index contributed by atoms with van der Waals surface area (Å²) in [6.07, 6.45) is 2.87. The number of carbonyl (C=O) groups excluding carboxylic acids is 1. The van der Waals surface area contributed by atoms with Crippen molar-refractivity contribution in [2.24, 2.45) is 7.05 Å². The van der Waals surface area contributed by atoms with Gasteiger partial charge in [0.25, 0.3) is 0 Å². The van der Waals surface area contributed by atoms with Crippen LogP contribution in [0.2, 0.25) is 0 Å². The van der Waals surface area contributed by atoms with Crippen LogP contribution in [0, 0.1) is 0 Å². The first-order chi connectivity index (χ1) is 15.2. The van der Waals surface area contributed by atoms with Crippen LogP contribution in [0.15, 0.2) is 48.7 Å². The highest BCUT2D eigenvalue weighted by Gasteiger charge is 2.46. The Bertz CT molecular complexity index is 1080. The maximum Gasteiger partial charge on any atom is 0.410 e. The highest BCUT2D eigenvalue weighted by Crippen LogP contribution is 2.45. The summed E-state index contributed by atoms with van der Waals surface area (Å²) in [5.74, 6) is 0.751. The number of likely N-dealkylation sites (tertiary alicyclic amines) is 1. The van der Waals surface area contributed by atoms with Crippen LogP contribution in [0.4, 0.5) is 4.79 Å². The number of benzene rings is 1. The van der Waals surface area contributed by atoms with E-state index in [1.54, 1.807) is 13.3 Å². The van der Waals surface area contributed by atoms with Gasteiger partial charge in [-0.05, 0) is 30.5 Å². The minimum absolute atomic E-state index is 0.0851. The monoisotopic (exact) mass is 421 g/mol. The van der Waals surface area contributed by atoms with Crippen LogP contribution < -0.4 is 4.74 Å². The smallest absolute Gasteiger partial charge is 0.410 e. The maximum absolute atomic E-state index is 12.9. The third-order valence-electron chi connectivity index (χ3n) is 6.50. The normalized spacial score (nSPS) is 22.3. The maximum atomic E-state index is 12.9. The van der Waals surface area contributed by atoms with Gasteiger partial charge in [0.15, 0.2) is 0 Å². The molecule has 3 atom stereocenters. The molecule has 0 N–H and O–H groups in total. The van der Waals surface area contributed by atoms with Gasteiger partial charge >= 0.3 is 6.09 Å². The molecule has 2 aromatic heterocycles. The summed E-state index contributed by atoms with van der Waals surface area (Å²) >= 11 is 0. The minimum atomic E-state index is -0.307. The number of pyridine rings is 1. The highest BCUT2D eigenvalue weighted by molar-refractivity contribution is 5.86. The Morgan fingerprint density at radius 1 is 1.16 bits per heavy atom. The van der Waals surface area contributed by atoms with E-state index >= 15 is 0 Å². The summed E-state index contributed by atoms with van der Waals surface area (Å²) in [5, 5.41) is 1.25. The van der Waals surface area contributed by atoms with Crippen LogP contribution in [0.5, 0.6) is 5.88 Å². The van der Waals surface area contributed by atoms with Crippen molar-refractivity contribution in [1.82, 2.24) is 14.5 Å². The minimum Gasteiger partial charge on any atom is -0.472 e. The number of para-hydroxylation sites is 1. The molecule has 0 unspecified atom stereocenters. The fourth-order valence-electron chi connectivity index (χ4n) is 5.15. The van der Waals surface area contributed by atoms with Crippen molar-refractivity contribution in [2.45, 2.75) is 30.9 Å². The van der Waals surface area contributed by atoms with E-state index in [1.165, 1.54) is 22.2 Å². The summed E-state index contributed by atoms with van der Waals surface area (Å²) in [7, 11) is 3.73. The molecule has 1 aliphatic carbocycles. The predicted molar refractivity (Wildman–Crippen MR) is 116 cm³/mol. The van der Waals surface area contributed by atoms with E-state index in [0.717, 1.165) is 12.8 Å². The van der Waals surface area contributed by atoms with Gasteiger partial charge in [-0.15, -0.1) is 0 Å². The number of aryl methyl sites for hydroxylation is 1. The van der Waals surface area contributed by atoms with Crippen LogP contribution in [-0.2, 0) is 22.9 Å². The van der Waals surface area contributed by atoms with E-state index in [1.807, 2.05) is 23.1 Å². The molecule has 5 rings (SSSR count). The van der Waals surface area contributed by atoms with Gasteiger partial charge < -0.3 is 23.7 Å². The van der Waals surface area contributed by atoms with Crippen molar-refractivity contribution >= 4 is 17.0 Å². The Balaban J connectivity index is 1.52. The summed E-state index contributed by atoms with van der Waals surface area (Å²) in [5.41, 5.74) is 3.83. The highest BCUT2D eigenvalue weighted by atomic mass is 16.6.